The van der Waals surface area contributed by atoms with Gasteiger partial charge in [-0.3, -0.25) is 14.5 Å². The van der Waals surface area contributed by atoms with E-state index < -0.39 is 6.04 Å². The van der Waals surface area contributed by atoms with Crippen molar-refractivity contribution < 1.29 is 9.59 Å². The van der Waals surface area contributed by atoms with Crippen LogP contribution in [0, 0.1) is 28.6 Å². The minimum absolute atomic E-state index is 0.0593. The third-order valence-corrected chi connectivity index (χ3v) is 7.49. The number of amides is 2. The van der Waals surface area contributed by atoms with Gasteiger partial charge in [0.05, 0.1) is 35.8 Å². The second-order valence-corrected chi connectivity index (χ2v) is 9.31. The smallest absolute Gasteiger partial charge is 0.242 e. The van der Waals surface area contributed by atoms with Gasteiger partial charge in [0.2, 0.25) is 11.8 Å². The van der Waals surface area contributed by atoms with Gasteiger partial charge in [0.25, 0.3) is 0 Å². The number of piperidine rings is 1. The quantitative estimate of drug-likeness (QED) is 0.754. The van der Waals surface area contributed by atoms with Crippen molar-refractivity contribution >= 4 is 11.8 Å². The number of fused-ring (bicyclic) bond motifs is 3. The van der Waals surface area contributed by atoms with E-state index in [9.17, 15) is 14.9 Å². The number of carbonyl (C=O) groups is 2. The fraction of sp³-hybridized carbons (Fsp3) is 0.565. The Bertz CT molecular complexity index is 1010. The molecule has 0 spiro atoms. The lowest BCUT2D eigenvalue weighted by atomic mass is 10.0. The van der Waals surface area contributed by atoms with Crippen molar-refractivity contribution in [1.82, 2.24) is 14.7 Å². The Balaban J connectivity index is 1.24. The molecule has 1 saturated carbocycles. The largest absolute Gasteiger partial charge is 0.330 e. The molecule has 160 valence electrons. The molecule has 3 saturated heterocycles. The van der Waals surface area contributed by atoms with Crippen LogP contribution in [0.25, 0.3) is 0 Å². The van der Waals surface area contributed by atoms with Gasteiger partial charge in [-0.1, -0.05) is 12.1 Å². The van der Waals surface area contributed by atoms with Gasteiger partial charge < -0.3 is 15.5 Å². The Morgan fingerprint density at radius 1 is 1.29 bits per heavy atom. The maximum atomic E-state index is 13.2. The van der Waals surface area contributed by atoms with E-state index in [0.717, 1.165) is 24.8 Å². The first-order valence-electron chi connectivity index (χ1n) is 11.0. The van der Waals surface area contributed by atoms with Crippen molar-refractivity contribution in [3.8, 4) is 12.1 Å². The zero-order valence-electron chi connectivity index (χ0n) is 17.5. The van der Waals surface area contributed by atoms with Gasteiger partial charge in [0, 0.05) is 25.2 Å². The Labute approximate surface area is 181 Å². The van der Waals surface area contributed by atoms with Crippen molar-refractivity contribution in [2.75, 3.05) is 13.1 Å². The monoisotopic (exact) mass is 418 g/mol. The van der Waals surface area contributed by atoms with Crippen LogP contribution in [0.15, 0.2) is 24.3 Å². The molecule has 2 amide bonds. The van der Waals surface area contributed by atoms with E-state index in [1.807, 2.05) is 34.9 Å². The number of benzene rings is 1. The number of hydrogen-bond acceptors (Lipinski definition) is 6. The lowest BCUT2D eigenvalue weighted by molar-refractivity contribution is -0.141. The molecule has 0 aromatic heterocycles. The molecule has 8 nitrogen and oxygen atoms in total. The van der Waals surface area contributed by atoms with Crippen LogP contribution in [0.1, 0.15) is 43.4 Å². The SMILES string of the molecule is CC(c1cccc(C#N)c1)N1C(=O)C2C[C@H]1CN2CC(N)C(=O)N1C(C#N)C[C@@H]2CC21. The second-order valence-electron chi connectivity index (χ2n) is 9.31. The molecule has 1 aromatic carbocycles. The molecule has 1 aromatic rings. The third-order valence-electron chi connectivity index (χ3n) is 7.49. The Kier molecular flexibility index (Phi) is 4.73. The summed E-state index contributed by atoms with van der Waals surface area (Å²) in [5, 5.41) is 18.5. The zero-order chi connectivity index (χ0) is 21.9. The highest BCUT2D eigenvalue weighted by Gasteiger charge is 2.56. The molecule has 5 rings (SSSR count). The number of nitriles is 2. The van der Waals surface area contributed by atoms with Crippen molar-refractivity contribution in [2.24, 2.45) is 11.7 Å². The van der Waals surface area contributed by atoms with Crippen LogP contribution in [0.2, 0.25) is 0 Å². The van der Waals surface area contributed by atoms with E-state index in [-0.39, 0.29) is 42.0 Å². The molecule has 4 aliphatic rings. The van der Waals surface area contributed by atoms with E-state index in [0.29, 0.717) is 24.6 Å². The molecule has 8 heteroatoms. The lowest BCUT2D eigenvalue weighted by Crippen LogP contribution is -2.57. The Morgan fingerprint density at radius 2 is 2.10 bits per heavy atom. The summed E-state index contributed by atoms with van der Waals surface area (Å²) in [6.07, 6.45) is 2.47. The van der Waals surface area contributed by atoms with E-state index in [2.05, 4.69) is 12.1 Å². The van der Waals surface area contributed by atoms with E-state index >= 15 is 0 Å². The Hall–Kier alpha value is -2.94. The number of piperazine rings is 1. The van der Waals surface area contributed by atoms with Gasteiger partial charge in [-0.2, -0.15) is 10.5 Å². The van der Waals surface area contributed by atoms with Crippen molar-refractivity contribution in [1.29, 1.82) is 10.5 Å². The molecule has 1 aliphatic carbocycles. The standard InChI is InChI=1S/C23H26N6O2/c1-13(15-4-2-3-14(5-15)9-24)28-18-8-21(23(28)31)27(11-18)12-19(26)22(30)29-17(10-25)6-16-7-20(16)29/h2-5,13,16-21H,6-8,11-12,26H2,1H3/t13?,16-,17?,18+,19?,20?,21?/m1/s1. The topological polar surface area (TPSA) is 117 Å². The van der Waals surface area contributed by atoms with Crippen LogP contribution in [0.3, 0.4) is 0 Å². The average Bonchev–Trinajstić information content (AvgIpc) is 3.11. The summed E-state index contributed by atoms with van der Waals surface area (Å²) >= 11 is 0. The zero-order valence-corrected chi connectivity index (χ0v) is 17.5. The predicted octanol–water partition coefficient (Wildman–Crippen LogP) is 0.745. The molecule has 3 aliphatic heterocycles. The van der Waals surface area contributed by atoms with E-state index in [4.69, 9.17) is 11.0 Å². The summed E-state index contributed by atoms with van der Waals surface area (Å²) in [7, 11) is 0. The van der Waals surface area contributed by atoms with Crippen LogP contribution >= 0.6 is 0 Å². The number of rotatable bonds is 5. The lowest BCUT2D eigenvalue weighted by Gasteiger charge is -2.38. The summed E-state index contributed by atoms with van der Waals surface area (Å²) in [5.74, 6) is 0.356. The van der Waals surface area contributed by atoms with Gasteiger partial charge in [0.15, 0.2) is 0 Å². The Morgan fingerprint density at radius 3 is 2.81 bits per heavy atom. The van der Waals surface area contributed by atoms with Gasteiger partial charge in [-0.15, -0.1) is 0 Å². The molecule has 3 heterocycles. The minimum Gasteiger partial charge on any atom is -0.330 e. The minimum atomic E-state index is -0.722. The molecule has 2 bridgehead atoms. The van der Waals surface area contributed by atoms with Crippen LogP contribution in [0.4, 0.5) is 0 Å². The normalized spacial score (nSPS) is 33.0. The van der Waals surface area contributed by atoms with E-state index in [1.54, 1.807) is 11.0 Å². The van der Waals surface area contributed by atoms with Gasteiger partial charge in [-0.05, 0) is 49.8 Å². The first-order chi connectivity index (χ1) is 14.9. The summed E-state index contributed by atoms with van der Waals surface area (Å²) < 4.78 is 0. The van der Waals surface area contributed by atoms with Crippen LogP contribution in [-0.2, 0) is 9.59 Å². The summed E-state index contributed by atoms with van der Waals surface area (Å²) in [6.45, 7) is 3.02. The summed E-state index contributed by atoms with van der Waals surface area (Å²) in [5.41, 5.74) is 7.81. The highest BCUT2D eigenvalue weighted by atomic mass is 16.2. The van der Waals surface area contributed by atoms with Crippen molar-refractivity contribution in [3.63, 3.8) is 0 Å². The molecule has 7 atom stereocenters. The van der Waals surface area contributed by atoms with Crippen LogP contribution in [-0.4, -0.2) is 69.8 Å². The summed E-state index contributed by atoms with van der Waals surface area (Å²) in [4.78, 5) is 31.8. The molecule has 31 heavy (non-hydrogen) atoms. The van der Waals surface area contributed by atoms with Crippen LogP contribution < -0.4 is 5.73 Å². The van der Waals surface area contributed by atoms with Crippen LogP contribution in [0.5, 0.6) is 0 Å². The third kappa shape index (κ3) is 3.18. The highest BCUT2D eigenvalue weighted by molar-refractivity contribution is 5.87. The van der Waals surface area contributed by atoms with Gasteiger partial charge in [-0.25, -0.2) is 0 Å². The molecule has 0 radical (unpaired) electrons. The fourth-order valence-corrected chi connectivity index (χ4v) is 5.84. The number of carbonyl (C=O) groups excluding carboxylic acids is 2. The predicted molar refractivity (Wildman–Crippen MR) is 111 cm³/mol. The number of nitrogens with two attached hydrogens (primary N) is 1. The maximum absolute atomic E-state index is 13.2. The molecular weight excluding hydrogens is 392 g/mol. The molecular formula is C23H26N6O2. The fourth-order valence-electron chi connectivity index (χ4n) is 5.84. The van der Waals surface area contributed by atoms with Crippen molar-refractivity contribution in [2.45, 2.75) is 62.4 Å². The number of hydrogen-bond donors (Lipinski definition) is 1. The average molecular weight is 419 g/mol. The molecule has 2 N–H and O–H groups in total. The first kappa shape index (κ1) is 20.0. The number of likely N-dealkylation sites (tertiary alicyclic amines) is 3. The van der Waals surface area contributed by atoms with E-state index in [1.165, 1.54) is 0 Å². The number of nitrogens with zero attached hydrogens (tertiary/aromatic N) is 5. The maximum Gasteiger partial charge on any atom is 0.242 e. The molecule has 5 unspecified atom stereocenters. The van der Waals surface area contributed by atoms with Crippen molar-refractivity contribution in [3.05, 3.63) is 35.4 Å². The summed E-state index contributed by atoms with van der Waals surface area (Å²) in [6, 6.07) is 10.6. The first-order valence-corrected chi connectivity index (χ1v) is 11.0. The second kappa shape index (κ2) is 7.33. The van der Waals surface area contributed by atoms with Gasteiger partial charge in [0.1, 0.15) is 6.04 Å². The molecule has 4 fully saturated rings. The highest BCUT2D eigenvalue weighted by Crippen LogP contribution is 2.48. The van der Waals surface area contributed by atoms with Gasteiger partial charge >= 0.3 is 0 Å².